The summed E-state index contributed by atoms with van der Waals surface area (Å²) in [6.45, 7) is 2.12. The molecule has 0 saturated heterocycles. The van der Waals surface area contributed by atoms with E-state index in [-0.39, 0.29) is 0 Å². The number of nitrogens with zero attached hydrogens (tertiary/aromatic N) is 4. The minimum absolute atomic E-state index is 0.293. The van der Waals surface area contributed by atoms with E-state index in [9.17, 15) is 0 Å². The molecule has 0 atom stereocenters. The number of benzene rings is 3. The molecule has 2 aromatic heterocycles. The Morgan fingerprint density at radius 2 is 1.67 bits per heavy atom. The molecule has 0 aliphatic carbocycles. The zero-order valence-corrected chi connectivity index (χ0v) is 15.5. The average molecular weight is 372 g/mol. The first kappa shape index (κ1) is 16.1. The van der Waals surface area contributed by atoms with Crippen LogP contribution in [-0.4, -0.2) is 25.3 Å². The number of aromatic nitrogens is 4. The van der Waals surface area contributed by atoms with Crippen molar-refractivity contribution >= 4 is 39.2 Å². The summed E-state index contributed by atoms with van der Waals surface area (Å²) in [4.78, 5) is 9.22. The van der Waals surface area contributed by atoms with Gasteiger partial charge in [0.25, 0.3) is 5.78 Å². The Morgan fingerprint density at radius 3 is 2.44 bits per heavy atom. The highest BCUT2D eigenvalue weighted by Crippen LogP contribution is 2.31. The van der Waals surface area contributed by atoms with Crippen molar-refractivity contribution in [2.75, 3.05) is 5.75 Å². The Bertz CT molecular complexity index is 1270. The van der Waals surface area contributed by atoms with Crippen molar-refractivity contribution in [2.24, 2.45) is 0 Å². The third-order valence-electron chi connectivity index (χ3n) is 4.33. The van der Waals surface area contributed by atoms with Crippen LogP contribution in [0.5, 0.6) is 11.8 Å². The monoisotopic (exact) mass is 372 g/mol. The molecular formula is C21H16N4OS. The van der Waals surface area contributed by atoms with E-state index in [1.165, 1.54) is 5.39 Å². The number of ether oxygens (including phenoxy) is 1. The van der Waals surface area contributed by atoms with Gasteiger partial charge in [0.05, 0.1) is 5.52 Å². The van der Waals surface area contributed by atoms with Gasteiger partial charge in [-0.1, -0.05) is 49.4 Å². The van der Waals surface area contributed by atoms with Crippen molar-refractivity contribution in [3.8, 4) is 11.8 Å². The second-order valence-electron chi connectivity index (χ2n) is 6.09. The Kier molecular flexibility index (Phi) is 3.90. The molecule has 132 valence electrons. The fourth-order valence-corrected chi connectivity index (χ4v) is 3.87. The van der Waals surface area contributed by atoms with E-state index in [4.69, 9.17) is 9.72 Å². The maximum absolute atomic E-state index is 5.81. The third kappa shape index (κ3) is 2.88. The van der Waals surface area contributed by atoms with Crippen LogP contribution in [0.2, 0.25) is 0 Å². The zero-order chi connectivity index (χ0) is 18.2. The van der Waals surface area contributed by atoms with Crippen LogP contribution in [0.4, 0.5) is 0 Å². The number of rotatable bonds is 4. The predicted octanol–water partition coefficient (Wildman–Crippen LogP) is 5.34. The normalized spacial score (nSPS) is 11.4. The van der Waals surface area contributed by atoms with E-state index in [1.807, 2.05) is 42.5 Å². The molecule has 0 aliphatic heterocycles. The summed E-state index contributed by atoms with van der Waals surface area (Å²) >= 11 is 1.71. The summed E-state index contributed by atoms with van der Waals surface area (Å²) in [6.07, 6.45) is 0. The molecule has 5 aromatic rings. The number of hydrogen-bond acceptors (Lipinski definition) is 5. The van der Waals surface area contributed by atoms with Crippen LogP contribution in [0.25, 0.3) is 27.5 Å². The smallest absolute Gasteiger partial charge is 0.343 e. The van der Waals surface area contributed by atoms with Crippen LogP contribution >= 0.6 is 11.8 Å². The van der Waals surface area contributed by atoms with Crippen molar-refractivity contribution in [1.82, 2.24) is 19.6 Å². The van der Waals surface area contributed by atoms with E-state index < -0.39 is 0 Å². The summed E-state index contributed by atoms with van der Waals surface area (Å²) in [5.74, 6) is 2.18. The third-order valence-corrected chi connectivity index (χ3v) is 5.20. The molecule has 5 rings (SSSR count). The summed E-state index contributed by atoms with van der Waals surface area (Å²) in [6, 6.07) is 22.5. The molecule has 0 N–H and O–H groups in total. The van der Waals surface area contributed by atoms with Crippen LogP contribution in [-0.2, 0) is 0 Å². The largest absolute Gasteiger partial charge is 0.423 e. The van der Waals surface area contributed by atoms with Crippen molar-refractivity contribution in [3.05, 3.63) is 66.7 Å². The number of fused-ring (bicyclic) bond motifs is 4. The van der Waals surface area contributed by atoms with Crippen LogP contribution in [0.1, 0.15) is 6.92 Å². The summed E-state index contributed by atoms with van der Waals surface area (Å²) in [5.41, 5.74) is 0.977. The van der Waals surface area contributed by atoms with Crippen molar-refractivity contribution in [2.45, 2.75) is 11.9 Å². The highest BCUT2D eigenvalue weighted by atomic mass is 32.2. The maximum atomic E-state index is 5.81. The van der Waals surface area contributed by atoms with Crippen molar-refractivity contribution in [1.29, 1.82) is 0 Å². The van der Waals surface area contributed by atoms with Gasteiger partial charge in [0.15, 0.2) is 0 Å². The molecule has 3 aromatic carbocycles. The van der Waals surface area contributed by atoms with Gasteiger partial charge in [-0.2, -0.15) is 9.50 Å². The predicted molar refractivity (Wildman–Crippen MR) is 109 cm³/mol. The molecule has 0 unspecified atom stereocenters. The highest BCUT2D eigenvalue weighted by molar-refractivity contribution is 7.99. The lowest BCUT2D eigenvalue weighted by Gasteiger charge is -2.07. The van der Waals surface area contributed by atoms with Crippen LogP contribution in [0.3, 0.4) is 0 Å². The summed E-state index contributed by atoms with van der Waals surface area (Å²) in [5, 5.41) is 8.94. The van der Waals surface area contributed by atoms with Gasteiger partial charge in [-0.05, 0) is 40.8 Å². The van der Waals surface area contributed by atoms with Gasteiger partial charge in [-0.25, -0.2) is 4.98 Å². The Hall–Kier alpha value is -3.12. The molecule has 0 radical (unpaired) electrons. The van der Waals surface area contributed by atoms with Crippen LogP contribution in [0, 0.1) is 0 Å². The number of para-hydroxylation sites is 1. The lowest BCUT2D eigenvalue weighted by molar-refractivity contribution is 0.443. The molecule has 2 heterocycles. The van der Waals surface area contributed by atoms with Gasteiger partial charge in [-0.15, -0.1) is 16.9 Å². The SMILES string of the molecule is CCSc1nc2nc(Oc3ccccc3)nn2c2cc3ccccc3cc12. The molecular weight excluding hydrogens is 356 g/mol. The zero-order valence-electron chi connectivity index (χ0n) is 14.7. The molecule has 5 nitrogen and oxygen atoms in total. The maximum Gasteiger partial charge on any atom is 0.343 e. The van der Waals surface area contributed by atoms with Gasteiger partial charge in [0.2, 0.25) is 0 Å². The molecule has 0 bridgehead atoms. The minimum atomic E-state index is 0.293. The topological polar surface area (TPSA) is 52.3 Å². The van der Waals surface area contributed by atoms with E-state index >= 15 is 0 Å². The summed E-state index contributed by atoms with van der Waals surface area (Å²) in [7, 11) is 0. The van der Waals surface area contributed by atoms with E-state index in [0.29, 0.717) is 17.5 Å². The summed E-state index contributed by atoms with van der Waals surface area (Å²) < 4.78 is 7.57. The molecule has 0 aliphatic rings. The second kappa shape index (κ2) is 6.55. The van der Waals surface area contributed by atoms with Crippen LogP contribution in [0.15, 0.2) is 71.8 Å². The first-order valence-electron chi connectivity index (χ1n) is 8.77. The van der Waals surface area contributed by atoms with E-state index in [2.05, 4.69) is 41.3 Å². The first-order chi connectivity index (χ1) is 13.3. The molecule has 0 spiro atoms. The standard InChI is InChI=1S/C21H16N4OS/c1-2-27-19-17-12-14-8-6-7-9-15(14)13-18(17)25-20(22-19)23-21(24-25)26-16-10-4-3-5-11-16/h3-13H,2H2,1H3. The van der Waals surface area contributed by atoms with Gasteiger partial charge in [0.1, 0.15) is 10.8 Å². The lowest BCUT2D eigenvalue weighted by Crippen LogP contribution is -1.97. The van der Waals surface area contributed by atoms with Gasteiger partial charge < -0.3 is 4.74 Å². The van der Waals surface area contributed by atoms with Crippen LogP contribution < -0.4 is 4.74 Å². The van der Waals surface area contributed by atoms with Gasteiger partial charge in [0, 0.05) is 5.39 Å². The average Bonchev–Trinajstić information content (AvgIpc) is 3.10. The molecule has 0 fully saturated rings. The van der Waals surface area contributed by atoms with Crippen molar-refractivity contribution in [3.63, 3.8) is 0 Å². The molecule has 0 saturated carbocycles. The Labute approximate surface area is 160 Å². The van der Waals surface area contributed by atoms with E-state index in [0.717, 1.165) is 27.1 Å². The van der Waals surface area contributed by atoms with Gasteiger partial charge >= 0.3 is 6.01 Å². The van der Waals surface area contributed by atoms with Crippen molar-refractivity contribution < 1.29 is 4.74 Å². The Morgan fingerprint density at radius 1 is 0.926 bits per heavy atom. The van der Waals surface area contributed by atoms with Gasteiger partial charge in [-0.3, -0.25) is 0 Å². The lowest BCUT2D eigenvalue weighted by atomic mass is 10.1. The Balaban J connectivity index is 1.75. The fourth-order valence-electron chi connectivity index (χ4n) is 3.13. The quantitative estimate of drug-likeness (QED) is 0.242. The second-order valence-corrected chi connectivity index (χ2v) is 7.34. The number of hydrogen-bond donors (Lipinski definition) is 0. The number of thioether (sulfide) groups is 1. The molecule has 0 amide bonds. The first-order valence-corrected chi connectivity index (χ1v) is 9.75. The highest BCUT2D eigenvalue weighted by Gasteiger charge is 2.15. The van der Waals surface area contributed by atoms with E-state index in [1.54, 1.807) is 16.3 Å². The molecule has 27 heavy (non-hydrogen) atoms. The minimum Gasteiger partial charge on any atom is -0.423 e. The fraction of sp³-hybridized carbons (Fsp3) is 0.0952. The molecule has 6 heteroatoms.